The summed E-state index contributed by atoms with van der Waals surface area (Å²) >= 11 is 0. The van der Waals surface area contributed by atoms with E-state index in [2.05, 4.69) is 20.5 Å². The van der Waals surface area contributed by atoms with E-state index < -0.39 is 0 Å². The van der Waals surface area contributed by atoms with Crippen molar-refractivity contribution in [1.29, 1.82) is 0 Å². The van der Waals surface area contributed by atoms with E-state index in [0.717, 1.165) is 41.8 Å². The summed E-state index contributed by atoms with van der Waals surface area (Å²) in [6.07, 6.45) is 3.65. The van der Waals surface area contributed by atoms with E-state index in [0.29, 0.717) is 13.1 Å². The van der Waals surface area contributed by atoms with E-state index in [4.69, 9.17) is 5.73 Å². The summed E-state index contributed by atoms with van der Waals surface area (Å²) in [6.45, 7) is 2.05. The lowest BCUT2D eigenvalue weighted by Gasteiger charge is -2.33. The van der Waals surface area contributed by atoms with Crippen LogP contribution in [0.2, 0.25) is 0 Å². The number of piperidine rings is 1. The van der Waals surface area contributed by atoms with Crippen molar-refractivity contribution in [3.63, 3.8) is 0 Å². The fourth-order valence-electron chi connectivity index (χ4n) is 2.81. The molecule has 3 rings (SSSR count). The Morgan fingerprint density at radius 2 is 2.37 bits per heavy atom. The van der Waals surface area contributed by atoms with Gasteiger partial charge in [-0.1, -0.05) is 0 Å². The van der Waals surface area contributed by atoms with Gasteiger partial charge in [0, 0.05) is 32.9 Å². The molecule has 1 saturated heterocycles. The monoisotopic (exact) mass is 260 g/mol. The number of aliphatic hydroxyl groups is 1. The third-order valence-corrected chi connectivity index (χ3v) is 3.85. The minimum Gasteiger partial charge on any atom is -0.391 e. The van der Waals surface area contributed by atoms with Gasteiger partial charge < -0.3 is 20.3 Å². The number of aromatic nitrogens is 2. The van der Waals surface area contributed by atoms with Crippen LogP contribution >= 0.6 is 0 Å². The Bertz CT molecular complexity index is 592. The van der Waals surface area contributed by atoms with E-state index in [9.17, 15) is 5.11 Å². The third-order valence-electron chi connectivity index (χ3n) is 3.85. The number of pyridine rings is 1. The summed E-state index contributed by atoms with van der Waals surface area (Å²) in [5, 5.41) is 9.83. The van der Waals surface area contributed by atoms with Gasteiger partial charge in [0.1, 0.15) is 0 Å². The molecule has 19 heavy (non-hydrogen) atoms. The van der Waals surface area contributed by atoms with E-state index in [-0.39, 0.29) is 6.10 Å². The first-order valence-electron chi connectivity index (χ1n) is 6.77. The normalized spacial score (nSPS) is 20.2. The van der Waals surface area contributed by atoms with Crippen molar-refractivity contribution >= 4 is 16.7 Å². The summed E-state index contributed by atoms with van der Waals surface area (Å²) in [5.41, 5.74) is 9.89. The van der Waals surface area contributed by atoms with Crippen LogP contribution < -0.4 is 10.6 Å². The van der Waals surface area contributed by atoms with Gasteiger partial charge in [-0.05, 0) is 25.0 Å². The molecule has 0 saturated carbocycles. The van der Waals surface area contributed by atoms with Gasteiger partial charge in [0.05, 0.1) is 28.5 Å². The number of nitrogens with two attached hydrogens (primary N) is 1. The zero-order chi connectivity index (χ0) is 13.4. The summed E-state index contributed by atoms with van der Waals surface area (Å²) in [4.78, 5) is 6.85. The smallest absolute Gasteiger partial charge is 0.0886 e. The molecule has 0 aliphatic carbocycles. The Morgan fingerprint density at radius 3 is 3.11 bits per heavy atom. The number of aliphatic hydroxyl groups excluding tert-OH is 1. The van der Waals surface area contributed by atoms with Crippen LogP contribution in [0.25, 0.3) is 11.0 Å². The minimum atomic E-state index is -0.247. The molecule has 5 heteroatoms. The zero-order valence-electron chi connectivity index (χ0n) is 11.2. The molecular formula is C14H20N4O. The first-order valence-corrected chi connectivity index (χ1v) is 6.77. The molecule has 1 aliphatic heterocycles. The fourth-order valence-corrected chi connectivity index (χ4v) is 2.81. The van der Waals surface area contributed by atoms with Crippen molar-refractivity contribution in [3.05, 3.63) is 24.0 Å². The van der Waals surface area contributed by atoms with Crippen molar-refractivity contribution < 1.29 is 5.11 Å². The zero-order valence-corrected chi connectivity index (χ0v) is 11.2. The van der Waals surface area contributed by atoms with Crippen LogP contribution in [-0.2, 0) is 13.6 Å². The molecule has 3 heterocycles. The number of fused-ring (bicyclic) bond motifs is 1. The second kappa shape index (κ2) is 4.83. The summed E-state index contributed by atoms with van der Waals surface area (Å²) < 4.78 is 2.06. The van der Waals surface area contributed by atoms with Crippen molar-refractivity contribution in [2.45, 2.75) is 25.5 Å². The van der Waals surface area contributed by atoms with Crippen LogP contribution in [0.15, 0.2) is 18.3 Å². The number of β-amino-alcohol motifs (C(OH)–C–C–N with tert-alkyl or cyclic N) is 1. The number of rotatable bonds is 2. The minimum absolute atomic E-state index is 0.247. The highest BCUT2D eigenvalue weighted by Crippen LogP contribution is 2.27. The molecule has 1 fully saturated rings. The maximum Gasteiger partial charge on any atom is 0.0886 e. The van der Waals surface area contributed by atoms with Crippen LogP contribution in [0, 0.1) is 0 Å². The van der Waals surface area contributed by atoms with Gasteiger partial charge in [-0.3, -0.25) is 0 Å². The van der Waals surface area contributed by atoms with Gasteiger partial charge in [-0.2, -0.15) is 0 Å². The fraction of sp³-hybridized carbons (Fsp3) is 0.500. The molecule has 0 bridgehead atoms. The molecule has 1 atom stereocenters. The molecule has 0 radical (unpaired) electrons. The quantitative estimate of drug-likeness (QED) is 0.845. The summed E-state index contributed by atoms with van der Waals surface area (Å²) in [6, 6.07) is 4.14. The summed E-state index contributed by atoms with van der Waals surface area (Å²) in [7, 11) is 2.01. The number of hydrogen-bond acceptors (Lipinski definition) is 4. The molecule has 102 valence electrons. The molecule has 0 amide bonds. The van der Waals surface area contributed by atoms with Crippen LogP contribution in [0.1, 0.15) is 18.5 Å². The highest BCUT2D eigenvalue weighted by atomic mass is 16.3. The molecule has 0 spiro atoms. The number of aryl methyl sites for hydroxylation is 1. The largest absolute Gasteiger partial charge is 0.391 e. The van der Waals surface area contributed by atoms with Crippen molar-refractivity contribution in [1.82, 2.24) is 9.55 Å². The second-order valence-corrected chi connectivity index (χ2v) is 5.23. The van der Waals surface area contributed by atoms with Crippen LogP contribution in [0.4, 0.5) is 5.69 Å². The lowest BCUT2D eigenvalue weighted by molar-refractivity contribution is 0.154. The Labute approximate surface area is 112 Å². The van der Waals surface area contributed by atoms with Gasteiger partial charge in [0.25, 0.3) is 0 Å². The number of nitrogens with zero attached hydrogens (tertiary/aromatic N) is 3. The summed E-state index contributed by atoms with van der Waals surface area (Å²) in [5.74, 6) is 0. The highest BCUT2D eigenvalue weighted by Gasteiger charge is 2.21. The number of hydrogen-bond donors (Lipinski definition) is 2. The van der Waals surface area contributed by atoms with Crippen molar-refractivity contribution in [3.8, 4) is 0 Å². The molecule has 0 aromatic carbocycles. The molecular weight excluding hydrogens is 240 g/mol. The molecule has 2 aromatic rings. The Morgan fingerprint density at radius 1 is 1.53 bits per heavy atom. The number of anilines is 1. The standard InChI is InChI=1S/C14H20N4O/c1-17-6-4-11-13(17)7-14(12(8-15)16-11)18-5-2-3-10(19)9-18/h4,6-7,10,19H,2-3,5,8-9,15H2,1H3. The molecule has 2 aromatic heterocycles. The average Bonchev–Trinajstić information content (AvgIpc) is 2.78. The van der Waals surface area contributed by atoms with Gasteiger partial charge in [-0.15, -0.1) is 0 Å². The maximum atomic E-state index is 9.83. The van der Waals surface area contributed by atoms with Crippen LogP contribution in [0.5, 0.6) is 0 Å². The molecule has 3 N–H and O–H groups in total. The molecule has 5 nitrogen and oxygen atoms in total. The van der Waals surface area contributed by atoms with E-state index in [1.807, 2.05) is 19.3 Å². The average molecular weight is 260 g/mol. The Kier molecular flexibility index (Phi) is 3.16. The first-order chi connectivity index (χ1) is 9.19. The molecule has 1 unspecified atom stereocenters. The predicted octanol–water partition coefficient (Wildman–Crippen LogP) is 0.993. The van der Waals surface area contributed by atoms with Gasteiger partial charge >= 0.3 is 0 Å². The first kappa shape index (κ1) is 12.4. The molecule has 1 aliphatic rings. The highest BCUT2D eigenvalue weighted by molar-refractivity contribution is 5.80. The second-order valence-electron chi connectivity index (χ2n) is 5.23. The van der Waals surface area contributed by atoms with Crippen molar-refractivity contribution in [2.24, 2.45) is 12.8 Å². The lowest BCUT2D eigenvalue weighted by Crippen LogP contribution is -2.39. The SMILES string of the molecule is Cn1ccc2nc(CN)c(N3CCCC(O)C3)cc21. The topological polar surface area (TPSA) is 67.3 Å². The lowest BCUT2D eigenvalue weighted by atomic mass is 10.1. The maximum absolute atomic E-state index is 9.83. The van der Waals surface area contributed by atoms with Gasteiger partial charge in [0.15, 0.2) is 0 Å². The van der Waals surface area contributed by atoms with E-state index >= 15 is 0 Å². The Hall–Kier alpha value is -1.59. The van der Waals surface area contributed by atoms with E-state index in [1.54, 1.807) is 0 Å². The third kappa shape index (κ3) is 2.19. The van der Waals surface area contributed by atoms with Crippen LogP contribution in [0.3, 0.4) is 0 Å². The predicted molar refractivity (Wildman–Crippen MR) is 76.1 cm³/mol. The van der Waals surface area contributed by atoms with Gasteiger partial charge in [-0.25, -0.2) is 4.98 Å². The van der Waals surface area contributed by atoms with Crippen molar-refractivity contribution in [2.75, 3.05) is 18.0 Å². The van der Waals surface area contributed by atoms with E-state index in [1.165, 1.54) is 0 Å². The van der Waals surface area contributed by atoms with Gasteiger partial charge in [0.2, 0.25) is 0 Å². The Balaban J connectivity index is 2.07. The van der Waals surface area contributed by atoms with Crippen LogP contribution in [-0.4, -0.2) is 33.9 Å².